The SMILES string of the molecule is Cc1ccc(S(=O)(=O)N(Cc2ccc(Cl)cc2)c2ccc(OCC(=O)Nc3cccc(F)c3)cc2)cc1. The van der Waals surface area contributed by atoms with Crippen LogP contribution < -0.4 is 14.4 Å². The Morgan fingerprint density at radius 3 is 2.27 bits per heavy atom. The molecule has 6 nitrogen and oxygen atoms in total. The van der Waals surface area contributed by atoms with Crippen LogP contribution in [0.4, 0.5) is 15.8 Å². The lowest BCUT2D eigenvalue weighted by Gasteiger charge is -2.25. The summed E-state index contributed by atoms with van der Waals surface area (Å²) in [4.78, 5) is 12.3. The van der Waals surface area contributed by atoms with Crippen molar-refractivity contribution in [1.82, 2.24) is 0 Å². The maximum atomic E-state index is 13.6. The number of carbonyl (C=O) groups is 1. The largest absolute Gasteiger partial charge is 0.484 e. The predicted molar refractivity (Wildman–Crippen MR) is 143 cm³/mol. The molecule has 0 heterocycles. The molecule has 4 aromatic carbocycles. The fourth-order valence-electron chi connectivity index (χ4n) is 3.53. The minimum absolute atomic E-state index is 0.0869. The van der Waals surface area contributed by atoms with Crippen molar-refractivity contribution in [2.45, 2.75) is 18.4 Å². The highest BCUT2D eigenvalue weighted by atomic mass is 35.5. The molecule has 1 N–H and O–H groups in total. The van der Waals surface area contributed by atoms with Crippen molar-refractivity contribution >= 4 is 38.9 Å². The Hall–Kier alpha value is -3.88. The molecule has 1 amide bonds. The van der Waals surface area contributed by atoms with E-state index >= 15 is 0 Å². The number of hydrogen-bond donors (Lipinski definition) is 1. The van der Waals surface area contributed by atoms with E-state index in [1.165, 1.54) is 22.5 Å². The molecule has 0 saturated heterocycles. The number of nitrogens with zero attached hydrogens (tertiary/aromatic N) is 1. The molecule has 0 fully saturated rings. The first-order valence-electron chi connectivity index (χ1n) is 11.3. The zero-order valence-corrected chi connectivity index (χ0v) is 21.5. The van der Waals surface area contributed by atoms with E-state index in [2.05, 4.69) is 5.32 Å². The number of carbonyl (C=O) groups excluding carboxylic acids is 1. The minimum atomic E-state index is -3.89. The molecule has 0 radical (unpaired) electrons. The number of benzene rings is 4. The molecule has 0 unspecified atom stereocenters. The Balaban J connectivity index is 1.52. The molecule has 0 saturated carbocycles. The molecular formula is C28H24ClFN2O4S. The van der Waals surface area contributed by atoms with Crippen LogP contribution in [0.15, 0.2) is 102 Å². The van der Waals surface area contributed by atoms with Crippen LogP contribution in [0.2, 0.25) is 5.02 Å². The minimum Gasteiger partial charge on any atom is -0.484 e. The molecule has 0 aliphatic rings. The summed E-state index contributed by atoms with van der Waals surface area (Å²) in [6.45, 7) is 1.68. The highest BCUT2D eigenvalue weighted by molar-refractivity contribution is 7.92. The Bertz CT molecular complexity index is 1480. The molecule has 0 aromatic heterocycles. The van der Waals surface area contributed by atoms with Gasteiger partial charge in [0.2, 0.25) is 0 Å². The highest BCUT2D eigenvalue weighted by Crippen LogP contribution is 2.28. The van der Waals surface area contributed by atoms with Crippen LogP contribution in [0.1, 0.15) is 11.1 Å². The molecule has 190 valence electrons. The Labute approximate surface area is 220 Å². The molecular weight excluding hydrogens is 515 g/mol. The van der Waals surface area contributed by atoms with Crippen LogP contribution >= 0.6 is 11.6 Å². The van der Waals surface area contributed by atoms with Crippen LogP contribution in [0.5, 0.6) is 5.75 Å². The number of halogens is 2. The van der Waals surface area contributed by atoms with Crippen LogP contribution in [-0.2, 0) is 21.4 Å². The lowest BCUT2D eigenvalue weighted by molar-refractivity contribution is -0.118. The lowest BCUT2D eigenvalue weighted by Crippen LogP contribution is -2.30. The van der Waals surface area contributed by atoms with Gasteiger partial charge in [0.25, 0.3) is 15.9 Å². The van der Waals surface area contributed by atoms with Crippen molar-refractivity contribution in [3.8, 4) is 5.75 Å². The second-order valence-electron chi connectivity index (χ2n) is 8.29. The van der Waals surface area contributed by atoms with Crippen molar-refractivity contribution in [3.05, 3.63) is 119 Å². The smallest absolute Gasteiger partial charge is 0.264 e. The van der Waals surface area contributed by atoms with E-state index in [1.807, 2.05) is 6.92 Å². The summed E-state index contributed by atoms with van der Waals surface area (Å²) in [6, 6.07) is 25.6. The van der Waals surface area contributed by atoms with Crippen LogP contribution in [-0.4, -0.2) is 20.9 Å². The molecule has 0 aliphatic carbocycles. The third-order valence-corrected chi connectivity index (χ3v) is 7.49. The van der Waals surface area contributed by atoms with Gasteiger partial charge in [0.05, 0.1) is 17.1 Å². The zero-order valence-electron chi connectivity index (χ0n) is 19.9. The van der Waals surface area contributed by atoms with Crippen LogP contribution in [0.3, 0.4) is 0 Å². The first-order valence-corrected chi connectivity index (χ1v) is 13.1. The van der Waals surface area contributed by atoms with Crippen molar-refractivity contribution in [3.63, 3.8) is 0 Å². The van der Waals surface area contributed by atoms with Gasteiger partial charge in [0, 0.05) is 10.7 Å². The van der Waals surface area contributed by atoms with Crippen molar-refractivity contribution in [1.29, 1.82) is 0 Å². The molecule has 37 heavy (non-hydrogen) atoms. The number of aryl methyl sites for hydroxylation is 1. The molecule has 0 aliphatic heterocycles. The van der Waals surface area contributed by atoms with Crippen LogP contribution in [0, 0.1) is 12.7 Å². The second-order valence-corrected chi connectivity index (χ2v) is 10.6. The van der Waals surface area contributed by atoms with Gasteiger partial charge in [-0.1, -0.05) is 47.5 Å². The van der Waals surface area contributed by atoms with Crippen molar-refractivity contribution in [2.75, 3.05) is 16.2 Å². The normalized spacial score (nSPS) is 11.1. The van der Waals surface area contributed by atoms with Crippen molar-refractivity contribution in [2.24, 2.45) is 0 Å². The van der Waals surface area contributed by atoms with E-state index in [-0.39, 0.29) is 18.0 Å². The number of nitrogens with one attached hydrogen (secondary N) is 1. The average molecular weight is 539 g/mol. The fraction of sp³-hybridized carbons (Fsp3) is 0.107. The van der Waals surface area contributed by atoms with Gasteiger partial charge in [-0.3, -0.25) is 9.10 Å². The molecule has 4 rings (SSSR count). The van der Waals surface area contributed by atoms with Gasteiger partial charge in [0.1, 0.15) is 11.6 Å². The summed E-state index contributed by atoms with van der Waals surface area (Å²) in [5, 5.41) is 3.11. The Morgan fingerprint density at radius 2 is 1.62 bits per heavy atom. The van der Waals surface area contributed by atoms with Gasteiger partial charge in [-0.15, -0.1) is 0 Å². The standard InChI is InChI=1S/C28H24ClFN2O4S/c1-20-5-15-27(16-6-20)37(34,35)32(18-21-7-9-22(29)10-8-21)25-11-13-26(14-12-25)36-19-28(33)31-24-4-2-3-23(30)17-24/h2-17H,18-19H2,1H3,(H,31,33). The zero-order chi connectivity index (χ0) is 26.4. The first-order chi connectivity index (χ1) is 17.7. The number of anilines is 2. The summed E-state index contributed by atoms with van der Waals surface area (Å²) in [5.74, 6) is -0.545. The van der Waals surface area contributed by atoms with Gasteiger partial charge >= 0.3 is 0 Å². The van der Waals surface area contributed by atoms with Gasteiger partial charge in [-0.25, -0.2) is 12.8 Å². The first kappa shape index (κ1) is 26.2. The molecule has 9 heteroatoms. The third kappa shape index (κ3) is 6.87. The summed E-state index contributed by atoms with van der Waals surface area (Å²) < 4.78 is 47.3. The van der Waals surface area contributed by atoms with E-state index in [4.69, 9.17) is 16.3 Å². The van der Waals surface area contributed by atoms with E-state index in [0.29, 0.717) is 22.1 Å². The number of ether oxygens (including phenoxy) is 1. The van der Waals surface area contributed by atoms with E-state index < -0.39 is 21.7 Å². The number of amides is 1. The van der Waals surface area contributed by atoms with E-state index in [1.54, 1.807) is 78.9 Å². The summed E-state index contributed by atoms with van der Waals surface area (Å²) in [7, 11) is -3.89. The van der Waals surface area contributed by atoms with Gasteiger partial charge in [-0.05, 0) is 79.2 Å². The van der Waals surface area contributed by atoms with Gasteiger partial charge in [0.15, 0.2) is 6.61 Å². The van der Waals surface area contributed by atoms with Gasteiger partial charge < -0.3 is 10.1 Å². The third-order valence-electron chi connectivity index (χ3n) is 5.45. The van der Waals surface area contributed by atoms with E-state index in [9.17, 15) is 17.6 Å². The molecule has 0 spiro atoms. The summed E-state index contributed by atoms with van der Waals surface area (Å²) >= 11 is 6.00. The quantitative estimate of drug-likeness (QED) is 0.275. The highest BCUT2D eigenvalue weighted by Gasteiger charge is 2.25. The molecule has 0 bridgehead atoms. The molecule has 0 atom stereocenters. The Morgan fingerprint density at radius 1 is 0.946 bits per heavy atom. The fourth-order valence-corrected chi connectivity index (χ4v) is 5.11. The van der Waals surface area contributed by atoms with Crippen molar-refractivity contribution < 1.29 is 22.3 Å². The second kappa shape index (κ2) is 11.5. The number of sulfonamides is 1. The van der Waals surface area contributed by atoms with Gasteiger partial charge in [-0.2, -0.15) is 0 Å². The summed E-state index contributed by atoms with van der Waals surface area (Å²) in [6.07, 6.45) is 0. The topological polar surface area (TPSA) is 75.7 Å². The molecule has 4 aromatic rings. The van der Waals surface area contributed by atoms with E-state index in [0.717, 1.165) is 11.1 Å². The average Bonchev–Trinajstić information content (AvgIpc) is 2.88. The predicted octanol–water partition coefficient (Wildman–Crippen LogP) is 6.20. The maximum absolute atomic E-state index is 13.6. The lowest BCUT2D eigenvalue weighted by atomic mass is 10.2. The van der Waals surface area contributed by atoms with Crippen LogP contribution in [0.25, 0.3) is 0 Å². The summed E-state index contributed by atoms with van der Waals surface area (Å²) in [5.41, 5.74) is 2.45. The monoisotopic (exact) mass is 538 g/mol. The maximum Gasteiger partial charge on any atom is 0.264 e. The number of rotatable bonds is 9. The number of hydrogen-bond acceptors (Lipinski definition) is 4. The Kier molecular flexibility index (Phi) is 8.11.